The van der Waals surface area contributed by atoms with Crippen molar-refractivity contribution < 1.29 is 0 Å². The zero-order chi connectivity index (χ0) is 16.2. The minimum Gasteiger partial charge on any atom is -0.256 e. The maximum absolute atomic E-state index is 4.53. The molecule has 0 spiro atoms. The highest BCUT2D eigenvalue weighted by Gasteiger charge is 2.07. The summed E-state index contributed by atoms with van der Waals surface area (Å²) in [6, 6.07) is 18.7. The van der Waals surface area contributed by atoms with Gasteiger partial charge in [0, 0.05) is 18.0 Å². The zero-order valence-electron chi connectivity index (χ0n) is 13.4. The first-order valence-corrected chi connectivity index (χ1v) is 8.25. The van der Waals surface area contributed by atoms with Crippen LogP contribution in [-0.4, -0.2) is 9.97 Å². The number of benzene rings is 1. The minimum atomic E-state index is 0.989. The van der Waals surface area contributed by atoms with E-state index in [1.54, 1.807) is 0 Å². The maximum Gasteiger partial charge on any atom is 0.0708 e. The first-order valence-electron chi connectivity index (χ1n) is 8.25. The molecule has 24 heavy (non-hydrogen) atoms. The van der Waals surface area contributed by atoms with E-state index in [0.717, 1.165) is 35.4 Å². The quantitative estimate of drug-likeness (QED) is 0.634. The monoisotopic (exact) mass is 310 g/mol. The van der Waals surface area contributed by atoms with Gasteiger partial charge < -0.3 is 0 Å². The molecule has 4 rings (SSSR count). The molecule has 0 fully saturated rings. The summed E-state index contributed by atoms with van der Waals surface area (Å²) in [6.07, 6.45) is 12.6. The van der Waals surface area contributed by atoms with Crippen LogP contribution in [0.5, 0.6) is 0 Å². The summed E-state index contributed by atoms with van der Waals surface area (Å²) in [5.74, 6) is 0. The van der Waals surface area contributed by atoms with Crippen LogP contribution >= 0.6 is 0 Å². The third-order valence-corrected chi connectivity index (χ3v) is 4.21. The third kappa shape index (κ3) is 3.04. The molecule has 2 aromatic heterocycles. The first-order chi connectivity index (χ1) is 11.9. The number of pyridine rings is 2. The zero-order valence-corrected chi connectivity index (χ0v) is 13.4. The van der Waals surface area contributed by atoms with Crippen molar-refractivity contribution in [2.75, 3.05) is 0 Å². The summed E-state index contributed by atoms with van der Waals surface area (Å²) in [5.41, 5.74) is 6.68. The van der Waals surface area contributed by atoms with E-state index in [-0.39, 0.29) is 0 Å². The van der Waals surface area contributed by atoms with E-state index in [1.807, 2.05) is 30.6 Å². The Morgan fingerprint density at radius 1 is 0.667 bits per heavy atom. The standard InChI is InChI=1S/C22H18N2/c1-3-7-17(8-4-1)21-15-19(11-13-23-21)20-12-14-24-22(16-20)18-9-5-2-6-10-18/h1,3-5,7-16H,2,6H2. The fraction of sp³-hybridized carbons (Fsp3) is 0.0909. The summed E-state index contributed by atoms with van der Waals surface area (Å²) >= 11 is 0. The lowest BCUT2D eigenvalue weighted by Gasteiger charge is -2.09. The van der Waals surface area contributed by atoms with Gasteiger partial charge in [0.05, 0.1) is 11.4 Å². The number of rotatable bonds is 3. The normalized spacial score (nSPS) is 13.6. The Labute approximate surface area is 142 Å². The summed E-state index contributed by atoms with van der Waals surface area (Å²) in [7, 11) is 0. The van der Waals surface area contributed by atoms with Crippen LogP contribution < -0.4 is 0 Å². The van der Waals surface area contributed by atoms with Gasteiger partial charge in [0.25, 0.3) is 0 Å². The molecule has 1 aliphatic carbocycles. The van der Waals surface area contributed by atoms with Crippen molar-refractivity contribution in [3.63, 3.8) is 0 Å². The molecule has 0 atom stereocenters. The van der Waals surface area contributed by atoms with Gasteiger partial charge in [-0.1, -0.05) is 48.6 Å². The molecular weight excluding hydrogens is 292 g/mol. The molecule has 116 valence electrons. The Bertz CT molecular complexity index is 908. The molecule has 0 bridgehead atoms. The fourth-order valence-electron chi connectivity index (χ4n) is 2.95. The minimum absolute atomic E-state index is 0.989. The molecule has 1 aromatic carbocycles. The highest BCUT2D eigenvalue weighted by Crippen LogP contribution is 2.27. The highest BCUT2D eigenvalue weighted by atomic mass is 14.7. The molecule has 0 unspecified atom stereocenters. The van der Waals surface area contributed by atoms with Gasteiger partial charge in [-0.05, 0) is 53.8 Å². The number of hydrogen-bond donors (Lipinski definition) is 0. The molecule has 2 heteroatoms. The van der Waals surface area contributed by atoms with Gasteiger partial charge in [0.2, 0.25) is 0 Å². The van der Waals surface area contributed by atoms with Crippen molar-refractivity contribution >= 4 is 5.57 Å². The molecule has 0 aliphatic heterocycles. The van der Waals surface area contributed by atoms with E-state index >= 15 is 0 Å². The molecule has 2 heterocycles. The second-order valence-corrected chi connectivity index (χ2v) is 5.86. The second-order valence-electron chi connectivity index (χ2n) is 5.86. The first kappa shape index (κ1) is 14.6. The Kier molecular flexibility index (Phi) is 4.03. The van der Waals surface area contributed by atoms with E-state index in [9.17, 15) is 0 Å². The average molecular weight is 310 g/mol. The van der Waals surface area contributed by atoms with Crippen molar-refractivity contribution in [1.29, 1.82) is 0 Å². The van der Waals surface area contributed by atoms with E-state index in [2.05, 4.69) is 64.6 Å². The van der Waals surface area contributed by atoms with Crippen molar-refractivity contribution in [1.82, 2.24) is 9.97 Å². The molecular formula is C22H18N2. The lowest BCUT2D eigenvalue weighted by molar-refractivity contribution is 1.04. The molecule has 0 amide bonds. The van der Waals surface area contributed by atoms with Crippen molar-refractivity contribution in [3.8, 4) is 22.4 Å². The molecule has 0 saturated heterocycles. The van der Waals surface area contributed by atoms with Crippen LogP contribution in [0.2, 0.25) is 0 Å². The molecule has 0 radical (unpaired) electrons. The van der Waals surface area contributed by atoms with Crippen LogP contribution in [0.15, 0.2) is 85.2 Å². The van der Waals surface area contributed by atoms with Crippen LogP contribution in [-0.2, 0) is 0 Å². The number of hydrogen-bond acceptors (Lipinski definition) is 2. The summed E-state index contributed by atoms with van der Waals surface area (Å²) in [6.45, 7) is 0. The smallest absolute Gasteiger partial charge is 0.0708 e. The van der Waals surface area contributed by atoms with E-state index in [0.29, 0.717) is 0 Å². The highest BCUT2D eigenvalue weighted by molar-refractivity contribution is 5.77. The predicted octanol–water partition coefficient (Wildman–Crippen LogP) is 5.54. The fourth-order valence-corrected chi connectivity index (χ4v) is 2.95. The van der Waals surface area contributed by atoms with Crippen LogP contribution in [0.4, 0.5) is 0 Å². The van der Waals surface area contributed by atoms with Crippen molar-refractivity contribution in [2.24, 2.45) is 0 Å². The van der Waals surface area contributed by atoms with Gasteiger partial charge in [-0.3, -0.25) is 9.97 Å². The van der Waals surface area contributed by atoms with E-state index < -0.39 is 0 Å². The summed E-state index contributed by atoms with van der Waals surface area (Å²) in [4.78, 5) is 9.04. The average Bonchev–Trinajstić information content (AvgIpc) is 2.70. The van der Waals surface area contributed by atoms with Crippen LogP contribution in [0, 0.1) is 0 Å². The summed E-state index contributed by atoms with van der Waals surface area (Å²) in [5, 5.41) is 0. The van der Waals surface area contributed by atoms with E-state index in [4.69, 9.17) is 0 Å². The molecule has 2 nitrogen and oxygen atoms in total. The van der Waals surface area contributed by atoms with Crippen LogP contribution in [0.1, 0.15) is 18.5 Å². The number of nitrogens with zero attached hydrogens (tertiary/aromatic N) is 2. The van der Waals surface area contributed by atoms with Gasteiger partial charge in [0.1, 0.15) is 0 Å². The molecule has 3 aromatic rings. The topological polar surface area (TPSA) is 25.8 Å². The number of allylic oxidation sites excluding steroid dienone is 4. The Morgan fingerprint density at radius 2 is 1.38 bits per heavy atom. The summed E-state index contributed by atoms with van der Waals surface area (Å²) < 4.78 is 0. The number of aromatic nitrogens is 2. The van der Waals surface area contributed by atoms with Crippen molar-refractivity contribution in [3.05, 3.63) is 90.9 Å². The van der Waals surface area contributed by atoms with Gasteiger partial charge >= 0.3 is 0 Å². The second kappa shape index (κ2) is 6.63. The van der Waals surface area contributed by atoms with Gasteiger partial charge in [0.15, 0.2) is 0 Å². The SMILES string of the molecule is C1=CC(c2cc(-c3ccnc(-c4ccccc4)c3)ccn2)=CCC1. The van der Waals surface area contributed by atoms with Crippen molar-refractivity contribution in [2.45, 2.75) is 12.8 Å². The molecule has 1 aliphatic rings. The Morgan fingerprint density at radius 3 is 2.08 bits per heavy atom. The van der Waals surface area contributed by atoms with E-state index in [1.165, 1.54) is 11.1 Å². The largest absolute Gasteiger partial charge is 0.256 e. The lowest BCUT2D eigenvalue weighted by atomic mass is 9.99. The maximum atomic E-state index is 4.53. The Hall–Kier alpha value is -3.00. The molecule has 0 saturated carbocycles. The van der Waals surface area contributed by atoms with Gasteiger partial charge in [-0.2, -0.15) is 0 Å². The van der Waals surface area contributed by atoms with Crippen LogP contribution in [0.3, 0.4) is 0 Å². The van der Waals surface area contributed by atoms with Gasteiger partial charge in [-0.25, -0.2) is 0 Å². The molecule has 0 N–H and O–H groups in total. The lowest BCUT2D eigenvalue weighted by Crippen LogP contribution is -1.91. The Balaban J connectivity index is 1.72. The van der Waals surface area contributed by atoms with Crippen LogP contribution in [0.25, 0.3) is 28.0 Å². The predicted molar refractivity (Wildman–Crippen MR) is 99.3 cm³/mol. The third-order valence-electron chi connectivity index (χ3n) is 4.21. The van der Waals surface area contributed by atoms with Gasteiger partial charge in [-0.15, -0.1) is 0 Å².